The Morgan fingerprint density at radius 3 is 0.932 bits per heavy atom. The largest absolute Gasteiger partial charge is 0.456 e. The summed E-state index contributed by atoms with van der Waals surface area (Å²) in [5.74, 6) is 2.95. The van der Waals surface area contributed by atoms with Gasteiger partial charge in [0, 0.05) is 198 Å². The van der Waals surface area contributed by atoms with Crippen LogP contribution in [0.5, 0.6) is 0 Å². The third kappa shape index (κ3) is 29.4. The Balaban J connectivity index is 0.000000163. The number of amides is 2. The van der Waals surface area contributed by atoms with Gasteiger partial charge in [-0.3, -0.25) is 19.4 Å². The Morgan fingerprint density at radius 2 is 0.630 bits per heavy atom. The van der Waals surface area contributed by atoms with Crippen molar-refractivity contribution in [2.75, 3.05) is 192 Å². The summed E-state index contributed by atoms with van der Waals surface area (Å²) in [5, 5.41) is 98.0. The molecule has 0 spiro atoms. The first-order valence-corrected chi connectivity index (χ1v) is 52.6. The van der Waals surface area contributed by atoms with Gasteiger partial charge in [0.25, 0.3) is 31.9 Å². The number of anilines is 4. The predicted molar refractivity (Wildman–Crippen MR) is 575 cm³/mol. The number of carbonyl (C=O) groups excluding carboxylic acids is 2. The molecule has 4 fully saturated rings. The number of carbonyl (C=O) groups is 2. The molecule has 4 aliphatic rings. The number of nitriles is 4. The summed E-state index contributed by atoms with van der Waals surface area (Å²) in [6, 6.07) is 71.6. The highest BCUT2D eigenvalue weighted by Crippen LogP contribution is 2.38. The maximum atomic E-state index is 12.6. The van der Waals surface area contributed by atoms with Crippen molar-refractivity contribution in [1.82, 2.24) is 39.7 Å². The van der Waals surface area contributed by atoms with Crippen molar-refractivity contribution in [1.29, 1.82) is 21.0 Å². The van der Waals surface area contributed by atoms with Crippen LogP contribution in [0.25, 0.3) is 111 Å². The van der Waals surface area contributed by atoms with Crippen LogP contribution in [0.2, 0.25) is 0 Å². The fraction of sp³-hybridized carbons (Fsp3) is 0.375. The summed E-state index contributed by atoms with van der Waals surface area (Å²) >= 11 is 0. The van der Waals surface area contributed by atoms with Gasteiger partial charge in [-0.25, -0.2) is 26.3 Å². The Bertz CT molecular complexity index is 7100. The number of nitrogens with one attached hydrogen (secondary N) is 6. The summed E-state index contributed by atoms with van der Waals surface area (Å²) in [5.41, 5.74) is 9.41. The molecule has 0 saturated carbocycles. The van der Waals surface area contributed by atoms with Gasteiger partial charge >= 0.3 is 0 Å². The number of fused-ring (bicyclic) bond motifs is 4. The number of ether oxygens (including phenoxy) is 2. The Kier molecular flexibility index (Phi) is 39.4. The van der Waals surface area contributed by atoms with Crippen molar-refractivity contribution in [2.24, 2.45) is 0 Å². The number of allylic oxidation sites excluding steroid dienone is 6. The van der Waals surface area contributed by atoms with Gasteiger partial charge < -0.3 is 88.4 Å². The van der Waals surface area contributed by atoms with Gasteiger partial charge in [0.1, 0.15) is 81.5 Å². The number of aliphatic hydroxyl groups is 4. The molecule has 4 aliphatic heterocycles. The number of hydrogen-bond donors (Lipinski definition) is 10. The van der Waals surface area contributed by atoms with Crippen molar-refractivity contribution < 1.29 is 74.0 Å². The fourth-order valence-corrected chi connectivity index (χ4v) is 19.3. The third-order valence-corrected chi connectivity index (χ3v) is 29.5. The Hall–Kier alpha value is -13.6. The number of morpholine rings is 2. The van der Waals surface area contributed by atoms with Gasteiger partial charge in [0.15, 0.2) is 9.81 Å². The Labute approximate surface area is 854 Å². The molecule has 10 N–H and O–H groups in total. The molecule has 12 aromatic rings. The van der Waals surface area contributed by atoms with E-state index < -0.39 is 66.1 Å². The van der Waals surface area contributed by atoms with Gasteiger partial charge in [-0.15, -0.1) is 0 Å². The second kappa shape index (κ2) is 52.4. The third-order valence-electron chi connectivity index (χ3n) is 26.6. The molecule has 146 heavy (non-hydrogen) atoms. The topological polar surface area (TPSA) is 441 Å². The van der Waals surface area contributed by atoms with Crippen molar-refractivity contribution in [3.63, 3.8) is 0 Å². The lowest BCUT2D eigenvalue weighted by Gasteiger charge is -2.34. The van der Waals surface area contributed by atoms with Crippen LogP contribution >= 0.6 is 0 Å². The number of rotatable bonds is 36. The molecular formula is C112H132N16O16S2. The molecule has 8 heterocycles. The molecule has 4 atom stereocenters. The highest BCUT2D eigenvalue weighted by Gasteiger charge is 2.29. The zero-order valence-corrected chi connectivity index (χ0v) is 86.2. The summed E-state index contributed by atoms with van der Waals surface area (Å²) < 4.78 is 89.9. The van der Waals surface area contributed by atoms with Crippen molar-refractivity contribution >= 4 is 120 Å². The number of furan rings is 4. The molecule has 768 valence electrons. The van der Waals surface area contributed by atoms with Gasteiger partial charge in [-0.2, -0.15) is 21.0 Å². The lowest BCUT2D eigenvalue weighted by atomic mass is 10.0. The minimum absolute atomic E-state index is 0.0239. The van der Waals surface area contributed by atoms with E-state index in [4.69, 9.17) is 27.1 Å². The van der Waals surface area contributed by atoms with Crippen molar-refractivity contribution in [3.05, 3.63) is 238 Å². The zero-order chi connectivity index (χ0) is 104. The highest BCUT2D eigenvalue weighted by atomic mass is 32.2. The number of benzene rings is 8. The van der Waals surface area contributed by atoms with E-state index in [-0.39, 0.29) is 54.2 Å². The van der Waals surface area contributed by atoms with Crippen LogP contribution in [0.3, 0.4) is 0 Å². The fourth-order valence-electron chi connectivity index (χ4n) is 17.0. The van der Waals surface area contributed by atoms with Crippen LogP contribution in [0.4, 0.5) is 22.7 Å². The number of aliphatic hydroxyl groups excluding tert-OH is 4. The van der Waals surface area contributed by atoms with E-state index in [1.54, 1.807) is 76.2 Å². The molecule has 4 aromatic heterocycles. The minimum Gasteiger partial charge on any atom is -0.456 e. The standard InChI is InChI=1S/C29H34N4O4.C28H34N4O5S.C28H32N4O3.C27H32N4O4S/c1-3-25(34)19-32-29(35)26(18-30)20(2)27-8-9-28(37-27)23-5-4-22-17-24(7-6-21(22)16-23)31-10-11-33-12-14-36-15-13-33;1-3-25(33)19-31-38(34,35)28(18-29)20(2)26-8-9-27(37-26)23-5-4-22-17-24(7-6-21(22)16-23)30-10-11-32-12-14-36-15-13-32;1-4-24(33)18-30-28(34)25(17-29)19(2)26-9-10-27(35-26)22-6-5-21-16-23(8-7-20(21)15-22)32-13-11-31(3)12-14-32;1-4-24(32)18-29-36(33,34)27(17-28)19(2)25-9-10-26(35-25)22-6-5-21-16-23(8-7-20(21)15-22)31-13-11-30(3)12-14-31/h4-9,16-17,25,31,34H,3,10-15,19H2,1-2H3,(H,32,35);4-9,16-17,25,30-31,33H,3,10-15,19H2,1-2H3;5-10,15-16,24,33H,4,11-14,18H2,1-3H3,(H,30,34);5-10,15-16,24,29,32H,4,11-14,18H2,1-3H3/b26-20+;28-20+;25-19+;27-19+. The van der Waals surface area contributed by atoms with Crippen LogP contribution in [0.1, 0.15) is 104 Å². The number of likely N-dealkylation sites (N-methyl/N-ethyl adjacent to an activating group) is 2. The molecule has 4 saturated heterocycles. The summed E-state index contributed by atoms with van der Waals surface area (Å²) in [4.78, 5) is 38.3. The van der Waals surface area contributed by atoms with E-state index in [9.17, 15) is 67.9 Å². The monoisotopic (exact) mass is 2020 g/mol. The first-order chi connectivity index (χ1) is 70.4. The first kappa shape index (κ1) is 110. The molecular weight excluding hydrogens is 1890 g/mol. The molecule has 4 unspecified atom stereocenters. The highest BCUT2D eigenvalue weighted by molar-refractivity contribution is 7.94. The van der Waals surface area contributed by atoms with Crippen LogP contribution in [0.15, 0.2) is 233 Å². The van der Waals surface area contributed by atoms with E-state index in [1.807, 2.05) is 80.6 Å². The quantitative estimate of drug-likeness (QED) is 0.0129. The molecule has 0 bridgehead atoms. The van der Waals surface area contributed by atoms with E-state index in [0.717, 1.165) is 202 Å². The van der Waals surface area contributed by atoms with E-state index >= 15 is 0 Å². The molecule has 0 radical (unpaired) electrons. The van der Waals surface area contributed by atoms with Gasteiger partial charge in [-0.05, 0) is 232 Å². The normalized spacial score (nSPS) is 16.1. The number of hydrogen-bond acceptors (Lipinski definition) is 28. The van der Waals surface area contributed by atoms with E-state index in [2.05, 4.69) is 177 Å². The van der Waals surface area contributed by atoms with Gasteiger partial charge in [-0.1, -0.05) is 100 Å². The second-order valence-corrected chi connectivity index (χ2v) is 40.2. The van der Waals surface area contributed by atoms with Crippen LogP contribution in [-0.2, 0) is 39.1 Å². The van der Waals surface area contributed by atoms with Crippen molar-refractivity contribution in [3.8, 4) is 69.6 Å². The van der Waals surface area contributed by atoms with Crippen LogP contribution < -0.4 is 40.5 Å². The molecule has 32 nitrogen and oxygen atoms in total. The molecule has 16 rings (SSSR count). The Morgan fingerprint density at radius 1 is 0.349 bits per heavy atom. The maximum absolute atomic E-state index is 12.6. The van der Waals surface area contributed by atoms with Crippen LogP contribution in [0, 0.1) is 45.3 Å². The smallest absolute Gasteiger partial charge is 0.262 e. The predicted octanol–water partition coefficient (Wildman–Crippen LogP) is 15.6. The van der Waals surface area contributed by atoms with Gasteiger partial charge in [0.2, 0.25) is 0 Å². The zero-order valence-electron chi connectivity index (χ0n) is 84.6. The number of sulfonamides is 2. The van der Waals surface area contributed by atoms with Gasteiger partial charge in [0.05, 0.1) is 50.8 Å². The van der Waals surface area contributed by atoms with E-state index in [1.165, 1.54) is 30.6 Å². The average molecular weight is 2020 g/mol. The lowest BCUT2D eigenvalue weighted by molar-refractivity contribution is -0.118. The molecule has 2 amide bonds. The average Bonchev–Trinajstić information content (AvgIpc) is 1.57. The molecule has 34 heteroatoms. The molecule has 8 aromatic carbocycles. The van der Waals surface area contributed by atoms with Crippen LogP contribution in [-0.4, -0.2) is 265 Å². The summed E-state index contributed by atoms with van der Waals surface area (Å²) in [6.45, 7) is 32.6. The summed E-state index contributed by atoms with van der Waals surface area (Å²) in [7, 11) is -3.87. The number of nitrogens with zero attached hydrogens (tertiary/aromatic N) is 10. The summed E-state index contributed by atoms with van der Waals surface area (Å²) in [6.07, 6.45) is -1.09. The van der Waals surface area contributed by atoms with E-state index in [0.29, 0.717) is 77.2 Å². The molecule has 0 aliphatic carbocycles. The van der Waals surface area contributed by atoms with Crippen molar-refractivity contribution in [2.45, 2.75) is 105 Å². The maximum Gasteiger partial charge on any atom is 0.262 e. The SMILES string of the molecule is CCC(O)CNC(=O)/C(C#N)=C(\C)c1ccc(-c2ccc3cc(N4CCN(C)CC4)ccc3c2)o1.CCC(O)CNC(=O)/C(C#N)=C(\C)c1ccc(-c2ccc3cc(NCCN4CCOCC4)ccc3c2)o1.CCC(O)CNS(=O)(=O)/C(C#N)=C(\C)c1ccc(-c2ccc3cc(N4CCN(C)CC4)ccc3c2)o1.CCC(O)CNS(=O)(=O)/C(C#N)=C(\C)c1ccc(-c2ccc3cc(NCCN4CCOCC4)ccc3c2)o1. The minimum atomic E-state index is -4.09. The number of piperazine rings is 2. The second-order valence-electron chi connectivity index (χ2n) is 36.8. The first-order valence-electron chi connectivity index (χ1n) is 49.6. The lowest BCUT2D eigenvalue weighted by Crippen LogP contribution is -2.44.